The van der Waals surface area contributed by atoms with Crippen LogP contribution in [0.5, 0.6) is 0 Å². The van der Waals surface area contributed by atoms with Crippen LogP contribution in [0.1, 0.15) is 58.4 Å². The van der Waals surface area contributed by atoms with E-state index in [-0.39, 0.29) is 24.1 Å². The average Bonchev–Trinajstić information content (AvgIpc) is 3.06. The minimum atomic E-state index is -5.16. The molecule has 0 aliphatic rings. The average molecular weight is 446 g/mol. The number of ether oxygens (including phenoxy) is 1. The highest BCUT2D eigenvalue weighted by atomic mass is 32.1. The van der Waals surface area contributed by atoms with Gasteiger partial charge >= 0.3 is 17.8 Å². The molecule has 166 valence electrons. The molecule has 0 fully saturated rings. The highest BCUT2D eigenvalue weighted by Gasteiger charge is 2.64. The Balaban J connectivity index is 2.48. The van der Waals surface area contributed by atoms with Crippen molar-refractivity contribution in [2.45, 2.75) is 64.7 Å². The number of nitrogens with zero attached hydrogens (tertiary/aromatic N) is 1. The number of benzene rings is 1. The number of amides is 1. The van der Waals surface area contributed by atoms with Gasteiger partial charge in [-0.15, -0.1) is 0 Å². The molecule has 0 saturated heterocycles. The number of aromatic nitrogens is 1. The fourth-order valence-electron chi connectivity index (χ4n) is 2.75. The van der Waals surface area contributed by atoms with Gasteiger partial charge < -0.3 is 15.4 Å². The number of unbranched alkanes of at least 4 members (excludes halogenated alkanes) is 1. The fourth-order valence-corrected chi connectivity index (χ4v) is 3.72. The van der Waals surface area contributed by atoms with Gasteiger partial charge in [0.25, 0.3) is 0 Å². The number of nitrogens with one attached hydrogen (secondary N) is 2. The number of fused-ring (bicyclic) bond motifs is 1. The Morgan fingerprint density at radius 1 is 1.23 bits per heavy atom. The van der Waals surface area contributed by atoms with Crippen molar-refractivity contribution in [2.75, 3.05) is 11.9 Å². The van der Waals surface area contributed by atoms with E-state index >= 15 is 0 Å². The lowest BCUT2D eigenvalue weighted by Crippen LogP contribution is -2.69. The summed E-state index contributed by atoms with van der Waals surface area (Å²) in [4.78, 5) is 28.8. The molecular formula is C20H26F3N3O3S. The molecule has 0 aliphatic heterocycles. The first-order valence-corrected chi connectivity index (χ1v) is 10.6. The van der Waals surface area contributed by atoms with E-state index in [0.29, 0.717) is 23.1 Å². The van der Waals surface area contributed by atoms with E-state index in [1.807, 2.05) is 31.3 Å². The minimum Gasteiger partial charge on any atom is -0.463 e. The van der Waals surface area contributed by atoms with E-state index < -0.39 is 23.7 Å². The van der Waals surface area contributed by atoms with Gasteiger partial charge in [0.05, 0.1) is 16.8 Å². The number of anilines is 1. The van der Waals surface area contributed by atoms with Gasteiger partial charge in [-0.1, -0.05) is 44.6 Å². The van der Waals surface area contributed by atoms with Crippen molar-refractivity contribution >= 4 is 38.6 Å². The molecule has 1 atom stereocenters. The lowest BCUT2D eigenvalue weighted by molar-refractivity contribution is -0.207. The molecule has 0 saturated carbocycles. The molecular weight excluding hydrogens is 419 g/mol. The van der Waals surface area contributed by atoms with Crippen molar-refractivity contribution in [3.63, 3.8) is 0 Å². The Morgan fingerprint density at radius 2 is 1.93 bits per heavy atom. The predicted octanol–water partition coefficient (Wildman–Crippen LogP) is 4.96. The molecule has 2 rings (SSSR count). The Labute approximate surface area is 177 Å². The Kier molecular flexibility index (Phi) is 7.68. The van der Waals surface area contributed by atoms with Gasteiger partial charge in [-0.3, -0.25) is 4.79 Å². The van der Waals surface area contributed by atoms with Gasteiger partial charge in [0.1, 0.15) is 0 Å². The maximum Gasteiger partial charge on any atom is 0.442 e. The molecule has 1 amide bonds. The molecule has 0 bridgehead atoms. The largest absolute Gasteiger partial charge is 0.463 e. The molecule has 0 unspecified atom stereocenters. The third kappa shape index (κ3) is 5.21. The topological polar surface area (TPSA) is 80.3 Å². The standard InChI is InChI=1S/C20H26F3N3O3S/c1-5-7-8-16(27)25-19(20(21,22)23,17(28)29-6-2)26-18-24-14-10-9-13(12(3)4)11-15(14)30-18/h9-12H,5-8H2,1-4H3,(H,24,26)(H,25,27)/t19-/m0/s1. The van der Waals surface area contributed by atoms with E-state index in [4.69, 9.17) is 0 Å². The van der Waals surface area contributed by atoms with Crippen LogP contribution < -0.4 is 10.6 Å². The number of hydrogen-bond donors (Lipinski definition) is 2. The Bertz CT molecular complexity index is 898. The second-order valence-electron chi connectivity index (χ2n) is 7.15. The van der Waals surface area contributed by atoms with Crippen LogP contribution in [0.25, 0.3) is 10.2 Å². The number of carbonyl (C=O) groups is 2. The summed E-state index contributed by atoms with van der Waals surface area (Å²) in [6.45, 7) is 6.93. The normalized spacial score (nSPS) is 13.9. The molecule has 0 spiro atoms. The number of carbonyl (C=O) groups excluding carboxylic acids is 2. The predicted molar refractivity (Wildman–Crippen MR) is 110 cm³/mol. The van der Waals surface area contributed by atoms with Crippen LogP contribution in [0.2, 0.25) is 0 Å². The lowest BCUT2D eigenvalue weighted by atomic mass is 10.0. The number of thiazole rings is 1. The molecule has 0 radical (unpaired) electrons. The monoisotopic (exact) mass is 445 g/mol. The first kappa shape index (κ1) is 23.9. The van der Waals surface area contributed by atoms with Crippen molar-refractivity contribution in [1.29, 1.82) is 0 Å². The molecule has 1 aromatic heterocycles. The molecule has 10 heteroatoms. The van der Waals surface area contributed by atoms with Gasteiger partial charge in [-0.05, 0) is 37.0 Å². The van der Waals surface area contributed by atoms with Crippen molar-refractivity contribution in [3.05, 3.63) is 23.8 Å². The Hall–Kier alpha value is -2.36. The van der Waals surface area contributed by atoms with Crippen LogP contribution in [0.15, 0.2) is 18.2 Å². The number of alkyl halides is 3. The summed E-state index contributed by atoms with van der Waals surface area (Å²) in [5.74, 6) is -2.30. The second kappa shape index (κ2) is 9.63. The summed E-state index contributed by atoms with van der Waals surface area (Å²) in [5.41, 5.74) is -1.93. The highest BCUT2D eigenvalue weighted by Crippen LogP contribution is 2.36. The summed E-state index contributed by atoms with van der Waals surface area (Å²) >= 11 is 0.971. The first-order valence-electron chi connectivity index (χ1n) is 9.77. The number of esters is 1. The van der Waals surface area contributed by atoms with Crippen LogP contribution in [0.3, 0.4) is 0 Å². The Morgan fingerprint density at radius 3 is 2.50 bits per heavy atom. The van der Waals surface area contributed by atoms with E-state index in [0.717, 1.165) is 16.9 Å². The summed E-state index contributed by atoms with van der Waals surface area (Å²) < 4.78 is 47.8. The zero-order valence-corrected chi connectivity index (χ0v) is 18.2. The molecule has 6 nitrogen and oxygen atoms in total. The van der Waals surface area contributed by atoms with Crippen molar-refractivity contribution in [2.24, 2.45) is 0 Å². The molecule has 1 heterocycles. The van der Waals surface area contributed by atoms with Crippen molar-refractivity contribution in [1.82, 2.24) is 10.3 Å². The van der Waals surface area contributed by atoms with Crippen LogP contribution in [0.4, 0.5) is 18.3 Å². The van der Waals surface area contributed by atoms with Crippen LogP contribution in [-0.4, -0.2) is 35.3 Å². The third-order valence-corrected chi connectivity index (χ3v) is 5.40. The van der Waals surface area contributed by atoms with Gasteiger partial charge in [0, 0.05) is 6.42 Å². The van der Waals surface area contributed by atoms with E-state index in [2.05, 4.69) is 15.0 Å². The van der Waals surface area contributed by atoms with E-state index in [9.17, 15) is 22.8 Å². The molecule has 2 aromatic rings. The summed E-state index contributed by atoms with van der Waals surface area (Å²) in [6, 6.07) is 5.42. The van der Waals surface area contributed by atoms with Gasteiger partial charge in [0.2, 0.25) is 5.91 Å². The van der Waals surface area contributed by atoms with Gasteiger partial charge in [-0.2, -0.15) is 13.2 Å². The smallest absolute Gasteiger partial charge is 0.442 e. The molecule has 30 heavy (non-hydrogen) atoms. The SMILES string of the molecule is CCCCC(=O)N[C@](Nc1nc2ccc(C(C)C)cc2s1)(C(=O)OCC)C(F)(F)F. The van der Waals surface area contributed by atoms with Gasteiger partial charge in [0.15, 0.2) is 5.13 Å². The van der Waals surface area contributed by atoms with E-state index in [1.165, 1.54) is 6.92 Å². The maximum atomic E-state index is 14.1. The van der Waals surface area contributed by atoms with Crippen molar-refractivity contribution in [3.8, 4) is 0 Å². The summed E-state index contributed by atoms with van der Waals surface area (Å²) in [7, 11) is 0. The lowest BCUT2D eigenvalue weighted by Gasteiger charge is -2.34. The summed E-state index contributed by atoms with van der Waals surface area (Å²) in [6.07, 6.45) is -4.30. The van der Waals surface area contributed by atoms with Crippen LogP contribution in [0, 0.1) is 0 Å². The number of rotatable bonds is 9. The van der Waals surface area contributed by atoms with Crippen molar-refractivity contribution < 1.29 is 27.5 Å². The second-order valence-corrected chi connectivity index (χ2v) is 8.18. The quantitative estimate of drug-likeness (QED) is 0.421. The summed E-state index contributed by atoms with van der Waals surface area (Å²) in [5, 5.41) is 3.82. The number of hydrogen-bond acceptors (Lipinski definition) is 6. The molecule has 2 N–H and O–H groups in total. The van der Waals surface area contributed by atoms with E-state index in [1.54, 1.807) is 13.0 Å². The van der Waals surface area contributed by atoms with Gasteiger partial charge in [-0.25, -0.2) is 9.78 Å². The van der Waals surface area contributed by atoms with Crippen LogP contribution >= 0.6 is 11.3 Å². The minimum absolute atomic E-state index is 0.146. The highest BCUT2D eigenvalue weighted by molar-refractivity contribution is 7.22. The third-order valence-electron chi connectivity index (χ3n) is 4.46. The maximum absolute atomic E-state index is 14.1. The zero-order valence-electron chi connectivity index (χ0n) is 17.4. The fraction of sp³-hybridized carbons (Fsp3) is 0.550. The molecule has 0 aliphatic carbocycles. The number of halogens is 3. The first-order chi connectivity index (χ1) is 14.0. The van der Waals surface area contributed by atoms with Crippen LogP contribution in [-0.2, 0) is 14.3 Å². The molecule has 1 aromatic carbocycles. The zero-order chi connectivity index (χ0) is 22.5.